The predicted octanol–water partition coefficient (Wildman–Crippen LogP) is 1.64. The van der Waals surface area contributed by atoms with Gasteiger partial charge in [0, 0.05) is 5.38 Å². The van der Waals surface area contributed by atoms with Gasteiger partial charge in [-0.2, -0.15) is 0 Å². The zero-order valence-corrected chi connectivity index (χ0v) is 7.18. The van der Waals surface area contributed by atoms with Crippen molar-refractivity contribution in [2.75, 3.05) is 0 Å². The molecular weight excluding hydrogens is 162 g/mol. The molecule has 3 nitrogen and oxygen atoms in total. The Kier molecular flexibility index (Phi) is 2.24. The molecule has 0 aliphatic heterocycles. The second-order valence-electron chi connectivity index (χ2n) is 2.35. The molecule has 11 heavy (non-hydrogen) atoms. The lowest BCUT2D eigenvalue weighted by Gasteiger charge is -1.99. The van der Waals surface area contributed by atoms with E-state index in [-0.39, 0.29) is 0 Å². The Labute approximate surface area is 68.7 Å². The zero-order valence-electron chi connectivity index (χ0n) is 6.37. The molecule has 1 N–H and O–H groups in total. The average Bonchev–Trinajstić information content (AvgIpc) is 2.34. The van der Waals surface area contributed by atoms with Gasteiger partial charge in [0.2, 0.25) is 0 Å². The van der Waals surface area contributed by atoms with Gasteiger partial charge in [-0.15, -0.1) is 11.3 Å². The summed E-state index contributed by atoms with van der Waals surface area (Å²) >= 11 is 1.48. The Morgan fingerprint density at radius 3 is 2.82 bits per heavy atom. The largest absolute Gasteiger partial charge is 0.481 e. The summed E-state index contributed by atoms with van der Waals surface area (Å²) in [5.41, 5.74) is 0.653. The van der Waals surface area contributed by atoms with Gasteiger partial charge < -0.3 is 5.11 Å². The number of carbonyl (C=O) groups is 1. The highest BCUT2D eigenvalue weighted by atomic mass is 32.1. The maximum absolute atomic E-state index is 10.5. The maximum atomic E-state index is 10.5. The third-order valence-corrected chi connectivity index (χ3v) is 2.24. The van der Waals surface area contributed by atoms with E-state index in [1.165, 1.54) is 11.3 Å². The fraction of sp³-hybridized carbons (Fsp3) is 0.429. The van der Waals surface area contributed by atoms with Crippen LogP contribution in [0.3, 0.4) is 0 Å². The third-order valence-electron chi connectivity index (χ3n) is 1.45. The van der Waals surface area contributed by atoms with Crippen molar-refractivity contribution in [3.63, 3.8) is 0 Å². The van der Waals surface area contributed by atoms with Crippen molar-refractivity contribution in [1.82, 2.24) is 4.98 Å². The second kappa shape index (κ2) is 3.00. The van der Waals surface area contributed by atoms with Crippen molar-refractivity contribution in [1.29, 1.82) is 0 Å². The Morgan fingerprint density at radius 1 is 1.82 bits per heavy atom. The molecule has 1 aromatic heterocycles. The van der Waals surface area contributed by atoms with Gasteiger partial charge >= 0.3 is 5.97 Å². The summed E-state index contributed by atoms with van der Waals surface area (Å²) in [6.07, 6.45) is 0. The Hall–Kier alpha value is -0.900. The SMILES string of the molecule is Cc1nc(C(C)C(=O)O)cs1. The molecule has 0 fully saturated rings. The molecule has 0 radical (unpaired) electrons. The highest BCUT2D eigenvalue weighted by molar-refractivity contribution is 7.09. The van der Waals surface area contributed by atoms with Crippen molar-refractivity contribution in [3.05, 3.63) is 16.1 Å². The molecule has 1 heterocycles. The van der Waals surface area contributed by atoms with Crippen LogP contribution in [0.4, 0.5) is 0 Å². The van der Waals surface area contributed by atoms with E-state index in [0.29, 0.717) is 5.69 Å². The minimum Gasteiger partial charge on any atom is -0.481 e. The summed E-state index contributed by atoms with van der Waals surface area (Å²) in [4.78, 5) is 14.5. The second-order valence-corrected chi connectivity index (χ2v) is 3.41. The van der Waals surface area contributed by atoms with Crippen LogP contribution in [0.15, 0.2) is 5.38 Å². The molecule has 0 aromatic carbocycles. The molecule has 0 spiro atoms. The number of hydrogen-bond donors (Lipinski definition) is 1. The summed E-state index contributed by atoms with van der Waals surface area (Å²) in [5.74, 6) is -1.31. The molecule has 1 aromatic rings. The lowest BCUT2D eigenvalue weighted by molar-refractivity contribution is -0.138. The number of thiazole rings is 1. The van der Waals surface area contributed by atoms with Crippen LogP contribution in [-0.2, 0) is 4.79 Å². The molecule has 1 unspecified atom stereocenters. The molecule has 60 valence electrons. The van der Waals surface area contributed by atoms with Gasteiger partial charge in [-0.25, -0.2) is 4.98 Å². The fourth-order valence-electron chi connectivity index (χ4n) is 0.706. The Morgan fingerprint density at radius 2 is 2.45 bits per heavy atom. The number of nitrogens with zero attached hydrogens (tertiary/aromatic N) is 1. The summed E-state index contributed by atoms with van der Waals surface area (Å²) in [6, 6.07) is 0. The number of aryl methyl sites for hydroxylation is 1. The third kappa shape index (κ3) is 1.77. The van der Waals surface area contributed by atoms with Crippen LogP contribution >= 0.6 is 11.3 Å². The minimum atomic E-state index is -0.824. The fourth-order valence-corrected chi connectivity index (χ4v) is 1.41. The molecule has 0 aliphatic carbocycles. The van der Waals surface area contributed by atoms with E-state index in [4.69, 9.17) is 5.11 Å². The van der Waals surface area contributed by atoms with E-state index < -0.39 is 11.9 Å². The Balaban J connectivity index is 2.84. The van der Waals surface area contributed by atoms with Crippen LogP contribution in [-0.4, -0.2) is 16.1 Å². The quantitative estimate of drug-likeness (QED) is 0.735. The molecule has 1 atom stereocenters. The lowest BCUT2D eigenvalue weighted by atomic mass is 10.1. The first-order valence-corrected chi connectivity index (χ1v) is 4.14. The maximum Gasteiger partial charge on any atom is 0.312 e. The number of hydrogen-bond acceptors (Lipinski definition) is 3. The normalized spacial score (nSPS) is 12.9. The van der Waals surface area contributed by atoms with E-state index in [9.17, 15) is 4.79 Å². The monoisotopic (exact) mass is 171 g/mol. The van der Waals surface area contributed by atoms with E-state index in [1.54, 1.807) is 12.3 Å². The summed E-state index contributed by atoms with van der Waals surface area (Å²) in [6.45, 7) is 3.50. The molecule has 0 amide bonds. The predicted molar refractivity (Wildman–Crippen MR) is 42.9 cm³/mol. The van der Waals surface area contributed by atoms with Crippen LogP contribution in [0.5, 0.6) is 0 Å². The molecule has 0 aliphatic rings. The summed E-state index contributed by atoms with van der Waals surface area (Å²) < 4.78 is 0. The topological polar surface area (TPSA) is 50.2 Å². The molecule has 0 bridgehead atoms. The molecule has 0 saturated carbocycles. The zero-order chi connectivity index (χ0) is 8.43. The van der Waals surface area contributed by atoms with Gasteiger partial charge in [0.25, 0.3) is 0 Å². The standard InChI is InChI=1S/C7H9NO2S/c1-4(7(9)10)6-3-11-5(2)8-6/h3-4H,1-2H3,(H,9,10). The first-order chi connectivity index (χ1) is 5.11. The first-order valence-electron chi connectivity index (χ1n) is 3.26. The highest BCUT2D eigenvalue weighted by Crippen LogP contribution is 2.17. The van der Waals surface area contributed by atoms with Crippen molar-refractivity contribution in [3.8, 4) is 0 Å². The number of rotatable bonds is 2. The smallest absolute Gasteiger partial charge is 0.312 e. The first kappa shape index (κ1) is 8.20. The van der Waals surface area contributed by atoms with Gasteiger partial charge in [0.1, 0.15) is 0 Å². The van der Waals surface area contributed by atoms with E-state index in [1.807, 2.05) is 6.92 Å². The van der Waals surface area contributed by atoms with Crippen molar-refractivity contribution < 1.29 is 9.90 Å². The number of carboxylic acid groups (broad SMARTS) is 1. The Bertz CT molecular complexity index is 269. The van der Waals surface area contributed by atoms with E-state index in [0.717, 1.165) is 5.01 Å². The van der Waals surface area contributed by atoms with Gasteiger partial charge in [-0.3, -0.25) is 4.79 Å². The van der Waals surface area contributed by atoms with Crippen LogP contribution in [0, 0.1) is 6.92 Å². The van der Waals surface area contributed by atoms with Crippen molar-refractivity contribution in [2.24, 2.45) is 0 Å². The molecular formula is C7H9NO2S. The highest BCUT2D eigenvalue weighted by Gasteiger charge is 2.15. The lowest BCUT2D eigenvalue weighted by Crippen LogP contribution is -2.07. The molecule has 1 rings (SSSR count). The molecule has 4 heteroatoms. The van der Waals surface area contributed by atoms with Crippen molar-refractivity contribution >= 4 is 17.3 Å². The van der Waals surface area contributed by atoms with Crippen LogP contribution in [0.1, 0.15) is 23.5 Å². The van der Waals surface area contributed by atoms with Gasteiger partial charge in [-0.1, -0.05) is 0 Å². The number of aromatic nitrogens is 1. The summed E-state index contributed by atoms with van der Waals surface area (Å²) in [5, 5.41) is 11.3. The van der Waals surface area contributed by atoms with Crippen LogP contribution in [0.25, 0.3) is 0 Å². The molecule has 0 saturated heterocycles. The van der Waals surface area contributed by atoms with E-state index >= 15 is 0 Å². The van der Waals surface area contributed by atoms with Gasteiger partial charge in [-0.05, 0) is 13.8 Å². The minimum absolute atomic E-state index is 0.486. The summed E-state index contributed by atoms with van der Waals surface area (Å²) in [7, 11) is 0. The number of aliphatic carboxylic acids is 1. The van der Waals surface area contributed by atoms with E-state index in [2.05, 4.69) is 4.98 Å². The van der Waals surface area contributed by atoms with Crippen LogP contribution < -0.4 is 0 Å². The van der Waals surface area contributed by atoms with Crippen molar-refractivity contribution in [2.45, 2.75) is 19.8 Å². The van der Waals surface area contributed by atoms with Gasteiger partial charge in [0.05, 0.1) is 16.6 Å². The number of carboxylic acids is 1. The van der Waals surface area contributed by atoms with Gasteiger partial charge in [0.15, 0.2) is 0 Å². The van der Waals surface area contributed by atoms with Crippen LogP contribution in [0.2, 0.25) is 0 Å². The average molecular weight is 171 g/mol.